The quantitative estimate of drug-likeness (QED) is 0.601. The third kappa shape index (κ3) is 4.11. The molecule has 164 valence electrons. The summed E-state index contributed by atoms with van der Waals surface area (Å²) in [7, 11) is 0. The van der Waals surface area contributed by atoms with E-state index in [4.69, 9.17) is 5.26 Å². The van der Waals surface area contributed by atoms with Gasteiger partial charge in [-0.25, -0.2) is 4.68 Å². The third-order valence-corrected chi connectivity index (χ3v) is 5.99. The largest absolute Gasteiger partial charge is 0.322 e. The molecule has 0 radical (unpaired) electrons. The zero-order valence-corrected chi connectivity index (χ0v) is 17.7. The smallest absolute Gasteiger partial charge is 0.255 e. The average Bonchev–Trinajstić information content (AvgIpc) is 3.38. The molecule has 0 aliphatic carbocycles. The molecule has 33 heavy (non-hydrogen) atoms. The van der Waals surface area contributed by atoms with E-state index in [1.165, 1.54) is 0 Å². The van der Waals surface area contributed by atoms with E-state index < -0.39 is 11.9 Å². The first kappa shape index (κ1) is 20.6. The summed E-state index contributed by atoms with van der Waals surface area (Å²) in [5.74, 6) is -0.893. The van der Waals surface area contributed by atoms with Crippen molar-refractivity contribution in [2.24, 2.45) is 0 Å². The molecule has 1 fully saturated rings. The van der Waals surface area contributed by atoms with Crippen LogP contribution < -0.4 is 5.32 Å². The summed E-state index contributed by atoms with van der Waals surface area (Å²) in [6, 6.07) is 14.5. The lowest BCUT2D eigenvalue weighted by molar-refractivity contribution is -0.136. The first-order valence-corrected chi connectivity index (χ1v) is 10.6. The van der Waals surface area contributed by atoms with Crippen LogP contribution in [-0.2, 0) is 29.1 Å². The second kappa shape index (κ2) is 8.31. The first-order valence-electron chi connectivity index (χ1n) is 10.6. The van der Waals surface area contributed by atoms with Crippen molar-refractivity contribution >= 4 is 17.7 Å². The lowest BCUT2D eigenvalue weighted by Crippen LogP contribution is -2.52. The van der Waals surface area contributed by atoms with Gasteiger partial charge >= 0.3 is 0 Å². The number of hydrogen-bond acceptors (Lipinski definition) is 6. The Morgan fingerprint density at radius 3 is 2.64 bits per heavy atom. The molecule has 1 saturated heterocycles. The van der Waals surface area contributed by atoms with Gasteiger partial charge in [-0.05, 0) is 41.3 Å². The normalized spacial score (nSPS) is 17.6. The summed E-state index contributed by atoms with van der Waals surface area (Å²) in [6.07, 6.45) is 3.08. The highest BCUT2D eigenvalue weighted by Gasteiger charge is 2.39. The number of nitriles is 1. The highest BCUT2D eigenvalue weighted by atomic mass is 16.2. The fourth-order valence-corrected chi connectivity index (χ4v) is 4.32. The molecule has 2 aromatic carbocycles. The van der Waals surface area contributed by atoms with E-state index in [1.807, 2.05) is 30.5 Å². The zero-order valence-electron chi connectivity index (χ0n) is 17.7. The Bertz CT molecular complexity index is 1300. The maximum atomic E-state index is 12.8. The second-order valence-electron chi connectivity index (χ2n) is 8.28. The molecular weight excluding hydrogens is 420 g/mol. The minimum atomic E-state index is -0.619. The lowest BCUT2D eigenvalue weighted by atomic mass is 10.0. The second-order valence-corrected chi connectivity index (χ2v) is 8.28. The molecule has 5 rings (SSSR count). The molecule has 1 N–H and O–H groups in total. The lowest BCUT2D eigenvalue weighted by Gasteiger charge is -2.29. The van der Waals surface area contributed by atoms with Crippen molar-refractivity contribution in [3.8, 4) is 6.07 Å². The number of carbonyl (C=O) groups excluding carboxylic acids is 3. The van der Waals surface area contributed by atoms with Crippen LogP contribution in [0.15, 0.2) is 48.7 Å². The maximum Gasteiger partial charge on any atom is 0.255 e. The Labute approximate surface area is 189 Å². The summed E-state index contributed by atoms with van der Waals surface area (Å²) in [5, 5.41) is 19.7. The van der Waals surface area contributed by atoms with Gasteiger partial charge in [-0.15, -0.1) is 5.10 Å². The van der Waals surface area contributed by atoms with E-state index in [-0.39, 0.29) is 18.2 Å². The van der Waals surface area contributed by atoms with Crippen molar-refractivity contribution in [1.29, 1.82) is 5.26 Å². The minimum absolute atomic E-state index is 0.184. The van der Waals surface area contributed by atoms with Crippen LogP contribution in [0.5, 0.6) is 0 Å². The fraction of sp³-hybridized carbons (Fsp3) is 0.250. The van der Waals surface area contributed by atoms with Crippen molar-refractivity contribution in [3.05, 3.63) is 82.2 Å². The van der Waals surface area contributed by atoms with Gasteiger partial charge in [0.05, 0.1) is 23.9 Å². The highest BCUT2D eigenvalue weighted by Crippen LogP contribution is 2.28. The Kier molecular flexibility index (Phi) is 5.18. The Morgan fingerprint density at radius 2 is 1.88 bits per heavy atom. The number of benzene rings is 2. The predicted octanol–water partition coefficient (Wildman–Crippen LogP) is 1.55. The van der Waals surface area contributed by atoms with Crippen LogP contribution in [0.1, 0.15) is 51.1 Å². The standard InChI is InChI=1S/C24H20N6O3/c25-11-16-3-1-15(2-4-16)10-19-14-29(28-27-19)12-17-5-6-20-18(9-17)13-30(24(20)33)21-7-8-22(31)26-23(21)32/h1-6,9,14,21H,7-8,10,12-13H2,(H,26,31,32). The minimum Gasteiger partial charge on any atom is -0.322 e. The van der Waals surface area contributed by atoms with E-state index in [0.29, 0.717) is 37.1 Å². The van der Waals surface area contributed by atoms with Crippen molar-refractivity contribution in [3.63, 3.8) is 0 Å². The molecule has 2 aliphatic heterocycles. The van der Waals surface area contributed by atoms with Crippen LogP contribution in [0.3, 0.4) is 0 Å². The molecular formula is C24H20N6O3. The number of imide groups is 1. The van der Waals surface area contributed by atoms with Crippen LogP contribution in [-0.4, -0.2) is 43.7 Å². The molecule has 9 heteroatoms. The van der Waals surface area contributed by atoms with E-state index in [1.54, 1.807) is 27.8 Å². The molecule has 3 amide bonds. The van der Waals surface area contributed by atoms with Gasteiger partial charge < -0.3 is 4.90 Å². The Morgan fingerprint density at radius 1 is 1.09 bits per heavy atom. The van der Waals surface area contributed by atoms with Gasteiger partial charge in [0.25, 0.3) is 5.91 Å². The van der Waals surface area contributed by atoms with Crippen LogP contribution in [0.25, 0.3) is 0 Å². The number of fused-ring (bicyclic) bond motifs is 1. The maximum absolute atomic E-state index is 12.8. The summed E-state index contributed by atoms with van der Waals surface area (Å²) in [6.45, 7) is 0.843. The Balaban J connectivity index is 1.27. The number of hydrogen-bond donors (Lipinski definition) is 1. The van der Waals surface area contributed by atoms with Gasteiger partial charge in [0, 0.05) is 31.1 Å². The van der Waals surface area contributed by atoms with Gasteiger partial charge in [0.15, 0.2) is 0 Å². The third-order valence-electron chi connectivity index (χ3n) is 5.99. The van der Waals surface area contributed by atoms with Crippen molar-refractivity contribution < 1.29 is 14.4 Å². The number of nitrogens with zero attached hydrogens (tertiary/aromatic N) is 5. The summed E-state index contributed by atoms with van der Waals surface area (Å²) < 4.78 is 1.75. The van der Waals surface area contributed by atoms with Gasteiger partial charge in [0.2, 0.25) is 11.8 Å². The van der Waals surface area contributed by atoms with Crippen LogP contribution >= 0.6 is 0 Å². The molecule has 9 nitrogen and oxygen atoms in total. The highest BCUT2D eigenvalue weighted by molar-refractivity contribution is 6.05. The van der Waals surface area contributed by atoms with Crippen LogP contribution in [0, 0.1) is 11.3 Å². The van der Waals surface area contributed by atoms with Gasteiger partial charge in [0.1, 0.15) is 6.04 Å². The molecule has 1 atom stereocenters. The monoisotopic (exact) mass is 440 g/mol. The molecule has 0 saturated carbocycles. The van der Waals surface area contributed by atoms with E-state index >= 15 is 0 Å². The summed E-state index contributed by atoms with van der Waals surface area (Å²) in [5.41, 5.74) is 4.91. The van der Waals surface area contributed by atoms with Crippen molar-refractivity contribution in [1.82, 2.24) is 25.2 Å². The molecule has 3 heterocycles. The van der Waals surface area contributed by atoms with Crippen molar-refractivity contribution in [2.45, 2.75) is 38.4 Å². The van der Waals surface area contributed by atoms with Crippen LogP contribution in [0.4, 0.5) is 0 Å². The average molecular weight is 440 g/mol. The zero-order chi connectivity index (χ0) is 22.9. The topological polar surface area (TPSA) is 121 Å². The van der Waals surface area contributed by atoms with E-state index in [2.05, 4.69) is 21.7 Å². The van der Waals surface area contributed by atoms with Gasteiger partial charge in [-0.2, -0.15) is 5.26 Å². The first-order chi connectivity index (χ1) is 16.0. The van der Waals surface area contributed by atoms with E-state index in [0.717, 1.165) is 22.4 Å². The number of rotatable bonds is 5. The SMILES string of the molecule is N#Cc1ccc(Cc2cn(Cc3ccc4c(c3)CN(C3CCC(=O)NC3=O)C4=O)nn2)cc1. The molecule has 0 spiro atoms. The molecule has 2 aliphatic rings. The molecule has 1 unspecified atom stereocenters. The summed E-state index contributed by atoms with van der Waals surface area (Å²) in [4.78, 5) is 38.0. The summed E-state index contributed by atoms with van der Waals surface area (Å²) >= 11 is 0. The predicted molar refractivity (Wildman–Crippen MR) is 116 cm³/mol. The molecule has 3 aromatic rings. The van der Waals surface area contributed by atoms with Crippen molar-refractivity contribution in [2.75, 3.05) is 0 Å². The van der Waals surface area contributed by atoms with Gasteiger partial charge in [-0.1, -0.05) is 29.5 Å². The molecule has 1 aromatic heterocycles. The number of carbonyl (C=O) groups is 3. The number of nitrogens with one attached hydrogen (secondary N) is 1. The fourth-order valence-electron chi connectivity index (χ4n) is 4.32. The number of amides is 3. The van der Waals surface area contributed by atoms with Crippen LogP contribution in [0.2, 0.25) is 0 Å². The number of piperidine rings is 1. The van der Waals surface area contributed by atoms with Gasteiger partial charge in [-0.3, -0.25) is 19.7 Å². The number of aromatic nitrogens is 3. The van der Waals surface area contributed by atoms with E-state index in [9.17, 15) is 14.4 Å². The Hall–Kier alpha value is -4.32. The molecule has 0 bridgehead atoms.